The molecule has 0 unspecified atom stereocenters. The number of carbonyl (C=O) groups excluding carboxylic acids is 2. The van der Waals surface area contributed by atoms with Crippen LogP contribution in [0.5, 0.6) is 0 Å². The van der Waals surface area contributed by atoms with Gasteiger partial charge in [-0.25, -0.2) is 14.3 Å². The molecule has 1 aliphatic rings. The lowest BCUT2D eigenvalue weighted by atomic mass is 10.1. The Morgan fingerprint density at radius 1 is 1.07 bits per heavy atom. The molecule has 0 saturated carbocycles. The zero-order valence-electron chi connectivity index (χ0n) is 16.3. The summed E-state index contributed by atoms with van der Waals surface area (Å²) in [6, 6.07) is 11.3. The predicted octanol–water partition coefficient (Wildman–Crippen LogP) is 1.91. The van der Waals surface area contributed by atoms with E-state index in [1.807, 2.05) is 36.4 Å². The molecule has 1 saturated heterocycles. The average molecular weight is 393 g/mol. The molecular weight excluding hydrogens is 370 g/mol. The maximum atomic E-state index is 12.4. The first kappa shape index (κ1) is 19.1. The highest BCUT2D eigenvalue weighted by Gasteiger charge is 2.22. The molecular formula is C21H23N5O3. The SMILES string of the molecule is CCOC(=O)c1cnn2ccc(N3CCN(CC(=O)c4ccccc4)CC3)nc12. The second kappa shape index (κ2) is 8.40. The van der Waals surface area contributed by atoms with Crippen LogP contribution < -0.4 is 4.90 Å². The number of carbonyl (C=O) groups is 2. The lowest BCUT2D eigenvalue weighted by Gasteiger charge is -2.35. The van der Waals surface area contributed by atoms with Gasteiger partial charge < -0.3 is 9.64 Å². The smallest absolute Gasteiger partial charge is 0.343 e. The third-order valence-electron chi connectivity index (χ3n) is 5.01. The number of ether oxygens (including phenoxy) is 1. The van der Waals surface area contributed by atoms with Gasteiger partial charge in [-0.3, -0.25) is 9.69 Å². The van der Waals surface area contributed by atoms with Gasteiger partial charge in [0.1, 0.15) is 11.4 Å². The van der Waals surface area contributed by atoms with Gasteiger partial charge in [-0.15, -0.1) is 0 Å². The largest absolute Gasteiger partial charge is 0.462 e. The van der Waals surface area contributed by atoms with Crippen molar-refractivity contribution in [2.24, 2.45) is 0 Å². The number of aromatic nitrogens is 3. The summed E-state index contributed by atoms with van der Waals surface area (Å²) in [5, 5.41) is 4.17. The molecule has 1 aromatic carbocycles. The van der Waals surface area contributed by atoms with Crippen LogP contribution in [-0.4, -0.2) is 70.6 Å². The Morgan fingerprint density at radius 2 is 1.83 bits per heavy atom. The van der Waals surface area contributed by atoms with Crippen LogP contribution in [0.3, 0.4) is 0 Å². The van der Waals surface area contributed by atoms with E-state index in [1.54, 1.807) is 17.6 Å². The summed E-state index contributed by atoms with van der Waals surface area (Å²) >= 11 is 0. The fourth-order valence-electron chi connectivity index (χ4n) is 3.44. The Balaban J connectivity index is 1.42. The van der Waals surface area contributed by atoms with Gasteiger partial charge in [-0.2, -0.15) is 5.10 Å². The van der Waals surface area contributed by atoms with Crippen LogP contribution in [0, 0.1) is 0 Å². The molecule has 150 valence electrons. The van der Waals surface area contributed by atoms with Crippen LogP contribution in [0.1, 0.15) is 27.6 Å². The number of rotatable bonds is 6. The first-order valence-corrected chi connectivity index (χ1v) is 9.73. The molecule has 0 atom stereocenters. The predicted molar refractivity (Wildman–Crippen MR) is 108 cm³/mol. The topological polar surface area (TPSA) is 80.0 Å². The molecule has 0 amide bonds. The van der Waals surface area contributed by atoms with E-state index in [2.05, 4.69) is 19.9 Å². The number of piperazine rings is 1. The Labute approximate surface area is 168 Å². The summed E-state index contributed by atoms with van der Waals surface area (Å²) in [4.78, 5) is 33.5. The van der Waals surface area contributed by atoms with Crippen LogP contribution in [0.4, 0.5) is 5.82 Å². The number of esters is 1. The van der Waals surface area contributed by atoms with Crippen molar-refractivity contribution in [2.45, 2.75) is 6.92 Å². The van der Waals surface area contributed by atoms with Crippen LogP contribution in [0.2, 0.25) is 0 Å². The van der Waals surface area contributed by atoms with Crippen molar-refractivity contribution in [2.75, 3.05) is 44.2 Å². The molecule has 3 heterocycles. The minimum Gasteiger partial charge on any atom is -0.462 e. The van der Waals surface area contributed by atoms with Crippen LogP contribution >= 0.6 is 0 Å². The molecule has 0 N–H and O–H groups in total. The number of benzene rings is 1. The summed E-state index contributed by atoms with van der Waals surface area (Å²) < 4.78 is 6.66. The monoisotopic (exact) mass is 393 g/mol. The summed E-state index contributed by atoms with van der Waals surface area (Å²) in [5.41, 5.74) is 1.60. The van der Waals surface area contributed by atoms with Crippen LogP contribution in [0.15, 0.2) is 48.8 Å². The van der Waals surface area contributed by atoms with E-state index in [4.69, 9.17) is 4.74 Å². The lowest BCUT2D eigenvalue weighted by Crippen LogP contribution is -2.48. The Kier molecular flexibility index (Phi) is 5.53. The second-order valence-electron chi connectivity index (χ2n) is 6.89. The van der Waals surface area contributed by atoms with E-state index in [-0.39, 0.29) is 5.78 Å². The van der Waals surface area contributed by atoms with Crippen molar-refractivity contribution >= 4 is 23.2 Å². The molecule has 8 heteroatoms. The molecule has 0 bridgehead atoms. The summed E-state index contributed by atoms with van der Waals surface area (Å²) in [5.74, 6) is 0.505. The maximum Gasteiger partial charge on any atom is 0.343 e. The summed E-state index contributed by atoms with van der Waals surface area (Å²) in [6.45, 7) is 5.55. The van der Waals surface area contributed by atoms with Gasteiger partial charge in [0.15, 0.2) is 11.4 Å². The van der Waals surface area contributed by atoms with E-state index in [0.717, 1.165) is 37.6 Å². The Morgan fingerprint density at radius 3 is 2.55 bits per heavy atom. The lowest BCUT2D eigenvalue weighted by molar-refractivity contribution is 0.0528. The van der Waals surface area contributed by atoms with Gasteiger partial charge in [0, 0.05) is 37.9 Å². The fraction of sp³-hybridized carbons (Fsp3) is 0.333. The van der Waals surface area contributed by atoms with E-state index < -0.39 is 5.97 Å². The Hall–Kier alpha value is -3.26. The van der Waals surface area contributed by atoms with E-state index in [9.17, 15) is 9.59 Å². The normalized spacial score (nSPS) is 14.9. The van der Waals surface area contributed by atoms with Crippen molar-refractivity contribution in [3.8, 4) is 0 Å². The van der Waals surface area contributed by atoms with E-state index in [1.165, 1.54) is 6.20 Å². The first-order valence-electron chi connectivity index (χ1n) is 9.73. The van der Waals surface area contributed by atoms with Gasteiger partial charge in [0.05, 0.1) is 19.3 Å². The number of hydrogen-bond donors (Lipinski definition) is 0. The molecule has 1 aliphatic heterocycles. The van der Waals surface area contributed by atoms with Gasteiger partial charge in [0.2, 0.25) is 0 Å². The number of anilines is 1. The van der Waals surface area contributed by atoms with E-state index >= 15 is 0 Å². The average Bonchev–Trinajstić information content (AvgIpc) is 3.18. The highest BCUT2D eigenvalue weighted by molar-refractivity contribution is 5.97. The molecule has 4 rings (SSSR count). The summed E-state index contributed by atoms with van der Waals surface area (Å²) in [6.07, 6.45) is 3.28. The van der Waals surface area contributed by atoms with Gasteiger partial charge >= 0.3 is 5.97 Å². The highest BCUT2D eigenvalue weighted by Crippen LogP contribution is 2.18. The number of Topliss-reactive ketones (excluding diaryl/α,β-unsaturated/α-hetero) is 1. The standard InChI is InChI=1S/C21H23N5O3/c1-2-29-21(28)17-14-22-26-9-8-19(23-20(17)26)25-12-10-24(11-13-25)15-18(27)16-6-4-3-5-7-16/h3-9,14H,2,10-13,15H2,1H3. The fourth-order valence-corrected chi connectivity index (χ4v) is 3.44. The molecule has 29 heavy (non-hydrogen) atoms. The Bertz CT molecular complexity index is 1010. The van der Waals surface area contributed by atoms with Gasteiger partial charge in [-0.05, 0) is 13.0 Å². The number of hydrogen-bond acceptors (Lipinski definition) is 7. The van der Waals surface area contributed by atoms with Crippen molar-refractivity contribution in [3.05, 3.63) is 59.9 Å². The van der Waals surface area contributed by atoms with Crippen LogP contribution in [-0.2, 0) is 4.74 Å². The number of nitrogens with zero attached hydrogens (tertiary/aromatic N) is 5. The summed E-state index contributed by atoms with van der Waals surface area (Å²) in [7, 11) is 0. The minimum atomic E-state index is -0.420. The first-order chi connectivity index (χ1) is 14.2. The van der Waals surface area contributed by atoms with Crippen LogP contribution in [0.25, 0.3) is 5.65 Å². The van der Waals surface area contributed by atoms with Crippen molar-refractivity contribution < 1.29 is 14.3 Å². The highest BCUT2D eigenvalue weighted by atomic mass is 16.5. The zero-order valence-corrected chi connectivity index (χ0v) is 16.3. The molecule has 0 radical (unpaired) electrons. The molecule has 2 aromatic heterocycles. The minimum absolute atomic E-state index is 0.136. The van der Waals surface area contributed by atoms with Gasteiger partial charge in [-0.1, -0.05) is 30.3 Å². The maximum absolute atomic E-state index is 12.4. The molecule has 3 aromatic rings. The van der Waals surface area contributed by atoms with Crippen molar-refractivity contribution in [1.82, 2.24) is 19.5 Å². The number of fused-ring (bicyclic) bond motifs is 1. The molecule has 1 fully saturated rings. The van der Waals surface area contributed by atoms with Crippen molar-refractivity contribution in [3.63, 3.8) is 0 Å². The molecule has 0 aliphatic carbocycles. The van der Waals surface area contributed by atoms with Crippen molar-refractivity contribution in [1.29, 1.82) is 0 Å². The molecule has 0 spiro atoms. The molecule has 8 nitrogen and oxygen atoms in total. The second-order valence-corrected chi connectivity index (χ2v) is 6.89. The number of ketones is 1. The quantitative estimate of drug-likeness (QED) is 0.467. The van der Waals surface area contributed by atoms with Gasteiger partial charge in [0.25, 0.3) is 0 Å². The third-order valence-corrected chi connectivity index (χ3v) is 5.01. The zero-order chi connectivity index (χ0) is 20.2. The third kappa shape index (κ3) is 4.12. The van der Waals surface area contributed by atoms with E-state index in [0.29, 0.717) is 24.4 Å².